The van der Waals surface area contributed by atoms with E-state index in [1.54, 1.807) is 18.2 Å². The zero-order chi connectivity index (χ0) is 21.3. The first kappa shape index (κ1) is 23.2. The molecule has 1 fully saturated rings. The molecule has 0 unspecified atom stereocenters. The van der Waals surface area contributed by atoms with Gasteiger partial charge in [0.1, 0.15) is 16.9 Å². The molecule has 0 radical (unpaired) electrons. The normalized spacial score (nSPS) is 21.4. The molecule has 1 aliphatic carbocycles. The Labute approximate surface area is 174 Å². The highest BCUT2D eigenvalue weighted by Gasteiger charge is 2.42. The number of hydrogen-bond acceptors (Lipinski definition) is 5. The predicted octanol–water partition coefficient (Wildman–Crippen LogP) is 4.97. The molecule has 1 aromatic carbocycles. The molecule has 0 heterocycles. The van der Waals surface area contributed by atoms with Crippen molar-refractivity contribution in [3.8, 4) is 5.75 Å². The summed E-state index contributed by atoms with van der Waals surface area (Å²) in [5.74, 6) is 0.265. The third-order valence-electron chi connectivity index (χ3n) is 5.35. The number of amides is 1. The number of anilines is 1. The molecule has 162 valence electrons. The van der Waals surface area contributed by atoms with Crippen LogP contribution >= 0.6 is 0 Å². The predicted molar refractivity (Wildman–Crippen MR) is 113 cm³/mol. The second-order valence-electron chi connectivity index (χ2n) is 7.90. The molecule has 6 heteroatoms. The van der Waals surface area contributed by atoms with Gasteiger partial charge in [0.05, 0.1) is 13.7 Å². The highest BCUT2D eigenvalue weighted by molar-refractivity contribution is 5.99. The van der Waals surface area contributed by atoms with Crippen LogP contribution in [0.5, 0.6) is 5.75 Å². The number of nitrogens with one attached hydrogen (secondary N) is 1. The molecule has 0 spiro atoms. The molecule has 2 rings (SSSR count). The second-order valence-corrected chi connectivity index (χ2v) is 7.90. The zero-order valence-corrected chi connectivity index (χ0v) is 18.2. The van der Waals surface area contributed by atoms with Gasteiger partial charge in [0.15, 0.2) is 0 Å². The maximum atomic E-state index is 13.2. The molecule has 1 aliphatic rings. The monoisotopic (exact) mass is 405 g/mol. The quantitative estimate of drug-likeness (QED) is 0.440. The summed E-state index contributed by atoms with van der Waals surface area (Å²) in [5, 5.41) is 2.97. The minimum Gasteiger partial charge on any atom is -0.493 e. The molecule has 1 N–H and O–H groups in total. The van der Waals surface area contributed by atoms with Crippen molar-refractivity contribution in [3.05, 3.63) is 23.8 Å². The minimum absolute atomic E-state index is 0.145. The van der Waals surface area contributed by atoms with E-state index in [2.05, 4.69) is 19.2 Å². The van der Waals surface area contributed by atoms with Gasteiger partial charge in [-0.3, -0.25) is 4.79 Å². The summed E-state index contributed by atoms with van der Waals surface area (Å²) in [5.41, 5.74) is 0.0351. The van der Waals surface area contributed by atoms with Crippen LogP contribution in [0.15, 0.2) is 18.2 Å². The summed E-state index contributed by atoms with van der Waals surface area (Å²) in [4.78, 5) is 25.4. The van der Waals surface area contributed by atoms with E-state index in [1.807, 2.05) is 6.92 Å². The van der Waals surface area contributed by atoms with Crippen LogP contribution in [0.3, 0.4) is 0 Å². The molecule has 1 aromatic rings. The summed E-state index contributed by atoms with van der Waals surface area (Å²) < 4.78 is 16.7. The van der Waals surface area contributed by atoms with Crippen LogP contribution in [0.1, 0.15) is 76.1 Å². The van der Waals surface area contributed by atoms with E-state index < -0.39 is 11.6 Å². The highest BCUT2D eigenvalue weighted by Crippen LogP contribution is 2.36. The number of unbranched alkanes of at least 4 members (excludes halogenated alkanes) is 1. The lowest BCUT2D eigenvalue weighted by Crippen LogP contribution is -2.48. The minimum atomic E-state index is -0.810. The fraction of sp³-hybridized carbons (Fsp3) is 0.652. The number of methoxy groups -OCH3 is 1. The Kier molecular flexibility index (Phi) is 8.96. The molecule has 29 heavy (non-hydrogen) atoms. The van der Waals surface area contributed by atoms with Crippen LogP contribution in [-0.4, -0.2) is 37.8 Å². The Morgan fingerprint density at radius 3 is 2.66 bits per heavy atom. The van der Waals surface area contributed by atoms with Gasteiger partial charge in [-0.05, 0) is 56.2 Å². The standard InChI is InChI=1S/C23H35NO5/c1-5-7-14-28-20-11-10-18(15-19(20)21(25)27-4)24-22(26)23(29-13-6-2)12-8-9-17(3)16-23/h10-11,15,17H,5-9,12-14,16H2,1-4H3,(H,24,26)/t17-,23+/m0/s1. The van der Waals surface area contributed by atoms with E-state index in [4.69, 9.17) is 14.2 Å². The van der Waals surface area contributed by atoms with Gasteiger partial charge in [-0.1, -0.05) is 33.6 Å². The van der Waals surface area contributed by atoms with E-state index in [-0.39, 0.29) is 5.91 Å². The Bertz CT molecular complexity index is 690. The van der Waals surface area contributed by atoms with Crippen LogP contribution in [0.2, 0.25) is 0 Å². The van der Waals surface area contributed by atoms with Gasteiger partial charge in [0.2, 0.25) is 0 Å². The van der Waals surface area contributed by atoms with Crippen LogP contribution in [0, 0.1) is 5.92 Å². The van der Waals surface area contributed by atoms with Gasteiger partial charge in [-0.15, -0.1) is 0 Å². The summed E-state index contributed by atoms with van der Waals surface area (Å²) in [6.45, 7) is 7.35. The van der Waals surface area contributed by atoms with Crippen molar-refractivity contribution in [2.75, 3.05) is 25.6 Å². The summed E-state index contributed by atoms with van der Waals surface area (Å²) >= 11 is 0. The fourth-order valence-electron chi connectivity index (χ4n) is 3.78. The Morgan fingerprint density at radius 2 is 2.00 bits per heavy atom. The first-order valence-electron chi connectivity index (χ1n) is 10.8. The van der Waals surface area contributed by atoms with Crippen molar-refractivity contribution in [1.82, 2.24) is 0 Å². The number of ether oxygens (including phenoxy) is 3. The average molecular weight is 406 g/mol. The largest absolute Gasteiger partial charge is 0.493 e. The fourth-order valence-corrected chi connectivity index (χ4v) is 3.78. The van der Waals surface area contributed by atoms with Crippen molar-refractivity contribution in [2.24, 2.45) is 5.92 Å². The molecule has 2 atom stereocenters. The Morgan fingerprint density at radius 1 is 1.21 bits per heavy atom. The highest BCUT2D eigenvalue weighted by atomic mass is 16.5. The second kappa shape index (κ2) is 11.2. The van der Waals surface area contributed by atoms with Gasteiger partial charge in [0.25, 0.3) is 5.91 Å². The SMILES string of the molecule is CCCCOc1ccc(NC(=O)[C@@]2(OCCC)CCC[C@H](C)C2)cc1C(=O)OC. The Balaban J connectivity index is 2.21. The van der Waals surface area contributed by atoms with Crippen molar-refractivity contribution >= 4 is 17.6 Å². The van der Waals surface area contributed by atoms with Gasteiger partial charge in [0, 0.05) is 12.3 Å². The molecule has 0 bridgehead atoms. The van der Waals surface area contributed by atoms with Crippen molar-refractivity contribution in [2.45, 2.75) is 71.3 Å². The first-order valence-corrected chi connectivity index (χ1v) is 10.8. The van der Waals surface area contributed by atoms with Crippen LogP contribution < -0.4 is 10.1 Å². The third-order valence-corrected chi connectivity index (χ3v) is 5.35. The molecular formula is C23H35NO5. The molecule has 6 nitrogen and oxygen atoms in total. The number of benzene rings is 1. The topological polar surface area (TPSA) is 73.9 Å². The van der Waals surface area contributed by atoms with Crippen LogP contribution in [0.4, 0.5) is 5.69 Å². The van der Waals surface area contributed by atoms with E-state index in [1.165, 1.54) is 7.11 Å². The lowest BCUT2D eigenvalue weighted by Gasteiger charge is -2.38. The molecule has 1 saturated carbocycles. The van der Waals surface area contributed by atoms with E-state index in [0.717, 1.165) is 32.1 Å². The summed E-state index contributed by atoms with van der Waals surface area (Å²) in [6, 6.07) is 5.08. The van der Waals surface area contributed by atoms with E-state index in [0.29, 0.717) is 49.0 Å². The van der Waals surface area contributed by atoms with E-state index in [9.17, 15) is 9.59 Å². The number of carbonyl (C=O) groups is 2. The maximum absolute atomic E-state index is 13.2. The van der Waals surface area contributed by atoms with Crippen molar-refractivity contribution < 1.29 is 23.8 Å². The molecule has 0 aliphatic heterocycles. The summed E-state index contributed by atoms with van der Waals surface area (Å²) in [6.07, 6.45) is 6.26. The molecule has 1 amide bonds. The first-order chi connectivity index (χ1) is 14.0. The zero-order valence-electron chi connectivity index (χ0n) is 18.2. The number of hydrogen-bond donors (Lipinski definition) is 1. The average Bonchev–Trinajstić information content (AvgIpc) is 2.72. The lowest BCUT2D eigenvalue weighted by molar-refractivity contribution is -0.148. The maximum Gasteiger partial charge on any atom is 0.341 e. The lowest BCUT2D eigenvalue weighted by atomic mass is 9.78. The van der Waals surface area contributed by atoms with Crippen LogP contribution in [0.25, 0.3) is 0 Å². The number of esters is 1. The number of carbonyl (C=O) groups excluding carboxylic acids is 2. The Hall–Kier alpha value is -2.08. The van der Waals surface area contributed by atoms with Gasteiger partial charge < -0.3 is 19.5 Å². The van der Waals surface area contributed by atoms with Crippen molar-refractivity contribution in [3.63, 3.8) is 0 Å². The van der Waals surface area contributed by atoms with Gasteiger partial charge >= 0.3 is 5.97 Å². The van der Waals surface area contributed by atoms with Gasteiger partial charge in [-0.25, -0.2) is 4.79 Å². The molecular weight excluding hydrogens is 370 g/mol. The van der Waals surface area contributed by atoms with Gasteiger partial charge in [-0.2, -0.15) is 0 Å². The molecule has 0 aromatic heterocycles. The summed E-state index contributed by atoms with van der Waals surface area (Å²) in [7, 11) is 1.33. The van der Waals surface area contributed by atoms with Crippen LogP contribution in [-0.2, 0) is 14.3 Å². The smallest absolute Gasteiger partial charge is 0.341 e. The third kappa shape index (κ3) is 6.20. The van der Waals surface area contributed by atoms with Crippen molar-refractivity contribution in [1.29, 1.82) is 0 Å². The van der Waals surface area contributed by atoms with E-state index >= 15 is 0 Å². The molecule has 0 saturated heterocycles. The number of rotatable bonds is 10.